The van der Waals surface area contributed by atoms with Crippen molar-refractivity contribution in [3.63, 3.8) is 0 Å². The van der Waals surface area contributed by atoms with E-state index in [1.807, 2.05) is 13.8 Å². The molecule has 16 heavy (non-hydrogen) atoms. The summed E-state index contributed by atoms with van der Waals surface area (Å²) in [5.74, 6) is -0.291. The van der Waals surface area contributed by atoms with Crippen LogP contribution in [-0.2, 0) is 0 Å². The van der Waals surface area contributed by atoms with Gasteiger partial charge in [0.05, 0.1) is 5.52 Å². The van der Waals surface area contributed by atoms with Crippen LogP contribution in [0.25, 0.3) is 10.9 Å². The Morgan fingerprint density at radius 1 is 1.44 bits per heavy atom. The zero-order chi connectivity index (χ0) is 11.9. The second-order valence-electron chi connectivity index (χ2n) is 4.03. The van der Waals surface area contributed by atoms with Crippen molar-refractivity contribution < 1.29 is 14.3 Å². The predicted molar refractivity (Wildman–Crippen MR) is 59.4 cm³/mol. The Kier molecular flexibility index (Phi) is 2.42. The first kappa shape index (κ1) is 10.7. The van der Waals surface area contributed by atoms with E-state index in [0.29, 0.717) is 10.9 Å². The maximum Gasteiger partial charge on any atom is 0.416 e. The summed E-state index contributed by atoms with van der Waals surface area (Å²) in [6.45, 7) is 3.82. The number of nitrogens with zero attached hydrogens (tertiary/aromatic N) is 1. The van der Waals surface area contributed by atoms with Gasteiger partial charge >= 0.3 is 6.09 Å². The van der Waals surface area contributed by atoms with E-state index in [0.717, 1.165) is 10.1 Å². The second kappa shape index (κ2) is 3.63. The number of rotatable bonds is 1. The molecule has 1 aromatic carbocycles. The van der Waals surface area contributed by atoms with Gasteiger partial charge in [0, 0.05) is 11.6 Å². The number of hydrogen-bond acceptors (Lipinski definition) is 1. The van der Waals surface area contributed by atoms with Gasteiger partial charge in [0.15, 0.2) is 0 Å². The molecule has 84 valence electrons. The molecule has 1 aromatic heterocycles. The van der Waals surface area contributed by atoms with Gasteiger partial charge in [0.2, 0.25) is 0 Å². The molecule has 0 saturated heterocycles. The van der Waals surface area contributed by atoms with E-state index in [9.17, 15) is 9.18 Å². The smallest absolute Gasteiger partial charge is 0.416 e. The fourth-order valence-electron chi connectivity index (χ4n) is 1.87. The summed E-state index contributed by atoms with van der Waals surface area (Å²) in [6, 6.07) is 4.47. The van der Waals surface area contributed by atoms with Crippen LogP contribution in [0.4, 0.5) is 9.18 Å². The topological polar surface area (TPSA) is 42.2 Å². The number of hydrogen-bond donors (Lipinski definition) is 1. The summed E-state index contributed by atoms with van der Waals surface area (Å²) in [4.78, 5) is 11.0. The van der Waals surface area contributed by atoms with E-state index >= 15 is 0 Å². The fraction of sp³-hybridized carbons (Fsp3) is 0.250. The highest BCUT2D eigenvalue weighted by Gasteiger charge is 2.17. The molecule has 1 heterocycles. The van der Waals surface area contributed by atoms with E-state index in [1.165, 1.54) is 18.3 Å². The second-order valence-corrected chi connectivity index (χ2v) is 4.03. The molecule has 2 rings (SSSR count). The van der Waals surface area contributed by atoms with Gasteiger partial charge in [-0.1, -0.05) is 19.9 Å². The Labute approximate surface area is 92.1 Å². The Morgan fingerprint density at radius 2 is 2.12 bits per heavy atom. The first-order valence-electron chi connectivity index (χ1n) is 5.05. The third-order valence-corrected chi connectivity index (χ3v) is 2.64. The van der Waals surface area contributed by atoms with Gasteiger partial charge in [-0.2, -0.15) is 0 Å². The van der Waals surface area contributed by atoms with Crippen LogP contribution in [-0.4, -0.2) is 15.8 Å². The molecular weight excluding hydrogens is 209 g/mol. The van der Waals surface area contributed by atoms with Crippen molar-refractivity contribution in [3.05, 3.63) is 35.8 Å². The van der Waals surface area contributed by atoms with E-state index in [2.05, 4.69) is 0 Å². The zero-order valence-electron chi connectivity index (χ0n) is 9.07. The van der Waals surface area contributed by atoms with Crippen molar-refractivity contribution in [2.75, 3.05) is 0 Å². The monoisotopic (exact) mass is 221 g/mol. The van der Waals surface area contributed by atoms with Crippen LogP contribution < -0.4 is 0 Å². The molecule has 0 unspecified atom stereocenters. The Balaban J connectivity index is 2.87. The van der Waals surface area contributed by atoms with Crippen molar-refractivity contribution in [1.82, 2.24) is 4.57 Å². The Hall–Kier alpha value is -1.84. The maximum absolute atomic E-state index is 13.7. The van der Waals surface area contributed by atoms with E-state index in [-0.39, 0.29) is 11.7 Å². The highest BCUT2D eigenvalue weighted by molar-refractivity contribution is 5.92. The van der Waals surface area contributed by atoms with Crippen LogP contribution in [0.2, 0.25) is 0 Å². The number of carboxylic acid groups (broad SMARTS) is 1. The number of carbonyl (C=O) groups is 1. The quantitative estimate of drug-likeness (QED) is 0.801. The van der Waals surface area contributed by atoms with E-state index in [1.54, 1.807) is 6.07 Å². The lowest BCUT2D eigenvalue weighted by molar-refractivity contribution is 0.197. The van der Waals surface area contributed by atoms with Crippen molar-refractivity contribution in [2.45, 2.75) is 19.8 Å². The molecular formula is C12H12FNO2. The molecule has 0 fully saturated rings. The summed E-state index contributed by atoms with van der Waals surface area (Å²) in [5.41, 5.74) is 1.12. The van der Waals surface area contributed by atoms with E-state index < -0.39 is 6.09 Å². The minimum Gasteiger partial charge on any atom is -0.464 e. The van der Waals surface area contributed by atoms with Gasteiger partial charge in [-0.3, -0.25) is 4.57 Å². The summed E-state index contributed by atoms with van der Waals surface area (Å²) in [7, 11) is 0. The molecule has 1 N–H and O–H groups in total. The highest BCUT2D eigenvalue weighted by atomic mass is 19.1. The van der Waals surface area contributed by atoms with Gasteiger partial charge < -0.3 is 5.11 Å². The first-order chi connectivity index (χ1) is 7.52. The van der Waals surface area contributed by atoms with Crippen LogP contribution in [0.5, 0.6) is 0 Å². The van der Waals surface area contributed by atoms with Crippen molar-refractivity contribution in [2.24, 2.45) is 0 Å². The van der Waals surface area contributed by atoms with Crippen LogP contribution in [0.15, 0.2) is 24.4 Å². The van der Waals surface area contributed by atoms with Crippen LogP contribution in [0, 0.1) is 5.82 Å². The largest absolute Gasteiger partial charge is 0.464 e. The molecule has 2 aromatic rings. The van der Waals surface area contributed by atoms with Gasteiger partial charge in [-0.15, -0.1) is 0 Å². The third-order valence-electron chi connectivity index (χ3n) is 2.64. The minimum absolute atomic E-state index is 0.0833. The Morgan fingerprint density at radius 3 is 2.69 bits per heavy atom. The van der Waals surface area contributed by atoms with Gasteiger partial charge in [0.1, 0.15) is 5.82 Å². The molecule has 0 aliphatic carbocycles. The lowest BCUT2D eigenvalue weighted by Crippen LogP contribution is -2.05. The SMILES string of the molecule is CC(C)c1cn(C(=O)O)c2cccc(F)c12. The van der Waals surface area contributed by atoms with Gasteiger partial charge in [0.25, 0.3) is 0 Å². The summed E-state index contributed by atoms with van der Waals surface area (Å²) >= 11 is 0. The molecule has 0 saturated carbocycles. The Bertz CT molecular complexity index is 557. The molecule has 0 radical (unpaired) electrons. The number of benzene rings is 1. The van der Waals surface area contributed by atoms with Gasteiger partial charge in [-0.25, -0.2) is 9.18 Å². The number of fused-ring (bicyclic) bond motifs is 1. The van der Waals surface area contributed by atoms with Crippen LogP contribution in [0.3, 0.4) is 0 Å². The average molecular weight is 221 g/mol. The molecule has 4 heteroatoms. The molecule has 0 spiro atoms. The molecule has 0 aliphatic rings. The summed E-state index contributed by atoms with van der Waals surface area (Å²) in [5, 5.41) is 9.41. The fourth-order valence-corrected chi connectivity index (χ4v) is 1.87. The average Bonchev–Trinajstić information content (AvgIpc) is 2.58. The normalized spacial score (nSPS) is 11.2. The molecule has 0 amide bonds. The lowest BCUT2D eigenvalue weighted by Gasteiger charge is -2.02. The first-order valence-corrected chi connectivity index (χ1v) is 5.05. The molecule has 3 nitrogen and oxygen atoms in total. The van der Waals surface area contributed by atoms with Crippen LogP contribution >= 0.6 is 0 Å². The standard InChI is InChI=1S/C12H12FNO2/c1-7(2)8-6-14(12(15)16)10-5-3-4-9(13)11(8)10/h3-7H,1-2H3,(H,15,16). The van der Waals surface area contributed by atoms with Gasteiger partial charge in [-0.05, 0) is 23.6 Å². The maximum atomic E-state index is 13.7. The van der Waals surface area contributed by atoms with Crippen molar-refractivity contribution in [3.8, 4) is 0 Å². The molecule has 0 atom stereocenters. The molecule has 0 aliphatic heterocycles. The van der Waals surface area contributed by atoms with Crippen LogP contribution in [0.1, 0.15) is 25.3 Å². The number of halogens is 1. The van der Waals surface area contributed by atoms with Crippen molar-refractivity contribution in [1.29, 1.82) is 0 Å². The summed E-state index contributed by atoms with van der Waals surface area (Å²) < 4.78 is 14.7. The molecule has 0 bridgehead atoms. The predicted octanol–water partition coefficient (Wildman–Crippen LogP) is 3.43. The summed E-state index contributed by atoms with van der Waals surface area (Å²) in [6.07, 6.45) is 0.392. The third kappa shape index (κ3) is 1.46. The highest BCUT2D eigenvalue weighted by Crippen LogP contribution is 2.29. The zero-order valence-corrected chi connectivity index (χ0v) is 9.07. The minimum atomic E-state index is -1.09. The van der Waals surface area contributed by atoms with Crippen molar-refractivity contribution >= 4 is 17.0 Å². The lowest BCUT2D eigenvalue weighted by atomic mass is 10.0. The number of aromatic nitrogens is 1. The van der Waals surface area contributed by atoms with E-state index in [4.69, 9.17) is 5.11 Å².